The van der Waals surface area contributed by atoms with Gasteiger partial charge in [0.1, 0.15) is 5.75 Å². The highest BCUT2D eigenvalue weighted by Crippen LogP contribution is 2.26. The van der Waals surface area contributed by atoms with E-state index >= 15 is 0 Å². The van der Waals surface area contributed by atoms with Gasteiger partial charge in [-0.3, -0.25) is 4.79 Å². The Balaban J connectivity index is 1.87. The minimum atomic E-state index is -0.779. The molecular formula is C20H20N2O4S. The first kappa shape index (κ1) is 20.3. The highest BCUT2D eigenvalue weighted by molar-refractivity contribution is 7.99. The van der Waals surface area contributed by atoms with Crippen LogP contribution in [0.15, 0.2) is 59.5 Å². The molecule has 2 aromatic carbocycles. The first-order chi connectivity index (χ1) is 13.1. The van der Waals surface area contributed by atoms with Crippen LogP contribution < -0.4 is 10.1 Å². The highest BCUT2D eigenvalue weighted by atomic mass is 32.2. The summed E-state index contributed by atoms with van der Waals surface area (Å²) in [5, 5.41) is 11.4. The Labute approximate surface area is 162 Å². The Bertz CT molecular complexity index is 805. The number of esters is 1. The largest absolute Gasteiger partial charge is 0.479 e. The van der Waals surface area contributed by atoms with Crippen LogP contribution in [-0.2, 0) is 14.3 Å². The fourth-order valence-corrected chi connectivity index (χ4v) is 2.85. The Morgan fingerprint density at radius 1 is 1.15 bits per heavy atom. The number of hydrogen-bond acceptors (Lipinski definition) is 6. The van der Waals surface area contributed by atoms with Crippen molar-refractivity contribution in [3.63, 3.8) is 0 Å². The van der Waals surface area contributed by atoms with E-state index in [9.17, 15) is 9.59 Å². The standard InChI is InChI=1S/C20H20N2O4S/c1-2-17(26-15-8-4-3-5-9-15)20(24)25-14-19(23)22-16-10-6-7-11-18(16)27-13-12-21/h3-11,17H,2,13-14H2,1H3,(H,22,23)/t17-/m1/s1. The smallest absolute Gasteiger partial charge is 0.347 e. The summed E-state index contributed by atoms with van der Waals surface area (Å²) in [6.07, 6.45) is -0.359. The molecule has 7 heteroatoms. The summed E-state index contributed by atoms with van der Waals surface area (Å²) in [5.74, 6) is -0.211. The van der Waals surface area contributed by atoms with Gasteiger partial charge in [-0.2, -0.15) is 5.26 Å². The summed E-state index contributed by atoms with van der Waals surface area (Å²) in [6.45, 7) is 1.39. The second-order valence-corrected chi connectivity index (χ2v) is 6.44. The summed E-state index contributed by atoms with van der Waals surface area (Å²) < 4.78 is 10.7. The van der Waals surface area contributed by atoms with E-state index in [2.05, 4.69) is 5.32 Å². The third-order valence-corrected chi connectivity index (χ3v) is 4.39. The molecule has 6 nitrogen and oxygen atoms in total. The van der Waals surface area contributed by atoms with Gasteiger partial charge in [0, 0.05) is 4.90 Å². The van der Waals surface area contributed by atoms with Gasteiger partial charge < -0.3 is 14.8 Å². The van der Waals surface area contributed by atoms with Crippen molar-refractivity contribution in [1.82, 2.24) is 0 Å². The average Bonchev–Trinajstić information content (AvgIpc) is 2.70. The third kappa shape index (κ3) is 6.68. The molecule has 0 bridgehead atoms. The highest BCUT2D eigenvalue weighted by Gasteiger charge is 2.21. The molecular weight excluding hydrogens is 364 g/mol. The number of carbonyl (C=O) groups is 2. The van der Waals surface area contributed by atoms with E-state index in [1.165, 1.54) is 11.8 Å². The molecule has 0 unspecified atom stereocenters. The molecule has 0 saturated heterocycles. The molecule has 0 aliphatic rings. The molecule has 0 saturated carbocycles. The zero-order valence-electron chi connectivity index (χ0n) is 14.9. The van der Waals surface area contributed by atoms with Crippen LogP contribution in [0, 0.1) is 11.3 Å². The van der Waals surface area contributed by atoms with E-state index in [0.29, 0.717) is 17.9 Å². The number of nitrogens with one attached hydrogen (secondary N) is 1. The second-order valence-electron chi connectivity index (χ2n) is 5.43. The topological polar surface area (TPSA) is 88.4 Å². The second kappa shape index (κ2) is 10.9. The molecule has 0 spiro atoms. The Hall–Kier alpha value is -2.98. The van der Waals surface area contributed by atoms with Crippen molar-refractivity contribution < 1.29 is 19.1 Å². The fraction of sp³-hybridized carbons (Fsp3) is 0.250. The maximum atomic E-state index is 12.2. The minimum Gasteiger partial charge on any atom is -0.479 e. The van der Waals surface area contributed by atoms with Crippen molar-refractivity contribution in [3.8, 4) is 11.8 Å². The van der Waals surface area contributed by atoms with Crippen LogP contribution in [0.1, 0.15) is 13.3 Å². The fourth-order valence-electron chi connectivity index (χ4n) is 2.18. The molecule has 1 amide bonds. The number of ether oxygens (including phenoxy) is 2. The lowest BCUT2D eigenvalue weighted by atomic mass is 10.2. The molecule has 0 radical (unpaired) electrons. The number of benzene rings is 2. The van der Waals surface area contributed by atoms with Crippen LogP contribution >= 0.6 is 11.8 Å². The van der Waals surface area contributed by atoms with Crippen molar-refractivity contribution in [2.75, 3.05) is 17.7 Å². The van der Waals surface area contributed by atoms with Crippen LogP contribution in [-0.4, -0.2) is 30.3 Å². The van der Waals surface area contributed by atoms with Gasteiger partial charge in [-0.15, -0.1) is 11.8 Å². The molecule has 0 aromatic heterocycles. The molecule has 0 aliphatic carbocycles. The molecule has 2 rings (SSSR count). The summed E-state index contributed by atoms with van der Waals surface area (Å²) in [6, 6.07) is 18.1. The van der Waals surface area contributed by atoms with E-state index in [1.807, 2.05) is 36.4 Å². The Morgan fingerprint density at radius 3 is 2.56 bits per heavy atom. The monoisotopic (exact) mass is 384 g/mol. The number of amides is 1. The molecule has 1 atom stereocenters. The predicted octanol–water partition coefficient (Wildman–Crippen LogP) is 3.64. The molecule has 0 aliphatic heterocycles. The van der Waals surface area contributed by atoms with E-state index in [-0.39, 0.29) is 5.75 Å². The van der Waals surface area contributed by atoms with Crippen LogP contribution in [0.5, 0.6) is 5.75 Å². The molecule has 140 valence electrons. The quantitative estimate of drug-likeness (QED) is 0.524. The number of anilines is 1. The molecule has 2 aromatic rings. The van der Waals surface area contributed by atoms with Crippen LogP contribution in [0.2, 0.25) is 0 Å². The SMILES string of the molecule is CC[C@@H](Oc1ccccc1)C(=O)OCC(=O)Nc1ccccc1SCC#N. The number of nitriles is 1. The van der Waals surface area contributed by atoms with E-state index in [1.54, 1.807) is 31.2 Å². The Morgan fingerprint density at radius 2 is 1.85 bits per heavy atom. The van der Waals surface area contributed by atoms with Gasteiger partial charge in [-0.1, -0.05) is 37.3 Å². The minimum absolute atomic E-state index is 0.275. The summed E-state index contributed by atoms with van der Waals surface area (Å²) in [5.41, 5.74) is 0.575. The lowest BCUT2D eigenvalue weighted by Gasteiger charge is -2.16. The lowest BCUT2D eigenvalue weighted by molar-refractivity contribution is -0.154. The van der Waals surface area contributed by atoms with Gasteiger partial charge in [-0.05, 0) is 30.7 Å². The molecule has 1 N–H and O–H groups in total. The van der Waals surface area contributed by atoms with Gasteiger partial charge in [0.05, 0.1) is 17.5 Å². The van der Waals surface area contributed by atoms with Crippen molar-refractivity contribution in [2.24, 2.45) is 0 Å². The van der Waals surface area contributed by atoms with Crippen molar-refractivity contribution in [1.29, 1.82) is 5.26 Å². The van der Waals surface area contributed by atoms with Crippen molar-refractivity contribution >= 4 is 29.3 Å². The van der Waals surface area contributed by atoms with Crippen LogP contribution in [0.25, 0.3) is 0 Å². The first-order valence-electron chi connectivity index (χ1n) is 8.41. The van der Waals surface area contributed by atoms with Gasteiger partial charge in [-0.25, -0.2) is 4.79 Å². The first-order valence-corrected chi connectivity index (χ1v) is 9.39. The maximum absolute atomic E-state index is 12.2. The van der Waals surface area contributed by atoms with Gasteiger partial charge in [0.25, 0.3) is 5.91 Å². The van der Waals surface area contributed by atoms with Crippen LogP contribution in [0.4, 0.5) is 5.69 Å². The molecule has 0 fully saturated rings. The number of hydrogen-bond donors (Lipinski definition) is 1. The average molecular weight is 384 g/mol. The summed E-state index contributed by atoms with van der Waals surface area (Å²) in [7, 11) is 0. The lowest BCUT2D eigenvalue weighted by Crippen LogP contribution is -2.31. The zero-order valence-corrected chi connectivity index (χ0v) is 15.7. The number of thioether (sulfide) groups is 1. The number of nitrogens with zero attached hydrogens (tertiary/aromatic N) is 1. The molecule has 27 heavy (non-hydrogen) atoms. The third-order valence-electron chi connectivity index (χ3n) is 3.45. The maximum Gasteiger partial charge on any atom is 0.347 e. The van der Waals surface area contributed by atoms with Gasteiger partial charge >= 0.3 is 5.97 Å². The summed E-state index contributed by atoms with van der Waals surface area (Å²) >= 11 is 1.32. The molecule has 0 heterocycles. The van der Waals surface area contributed by atoms with Gasteiger partial charge in [0.15, 0.2) is 12.7 Å². The van der Waals surface area contributed by atoms with Gasteiger partial charge in [0.2, 0.25) is 0 Å². The van der Waals surface area contributed by atoms with E-state index in [0.717, 1.165) is 4.90 Å². The van der Waals surface area contributed by atoms with E-state index in [4.69, 9.17) is 14.7 Å². The normalized spacial score (nSPS) is 11.1. The van der Waals surface area contributed by atoms with Crippen LogP contribution in [0.3, 0.4) is 0 Å². The summed E-state index contributed by atoms with van der Waals surface area (Å²) in [4.78, 5) is 25.1. The number of rotatable bonds is 9. The van der Waals surface area contributed by atoms with Crippen molar-refractivity contribution in [3.05, 3.63) is 54.6 Å². The van der Waals surface area contributed by atoms with E-state index < -0.39 is 24.6 Å². The van der Waals surface area contributed by atoms with Crippen molar-refractivity contribution in [2.45, 2.75) is 24.3 Å². The predicted molar refractivity (Wildman–Crippen MR) is 104 cm³/mol. The Kier molecular flexibility index (Phi) is 8.20. The number of para-hydroxylation sites is 2. The number of carbonyl (C=O) groups excluding carboxylic acids is 2. The zero-order chi connectivity index (χ0) is 19.5.